The summed E-state index contributed by atoms with van der Waals surface area (Å²) in [6.45, 7) is 0. The molecule has 10 rings (SSSR count). The van der Waals surface area contributed by atoms with E-state index in [1.165, 1.54) is 5.39 Å². The van der Waals surface area contributed by atoms with Crippen molar-refractivity contribution < 1.29 is 4.42 Å². The molecule has 0 aliphatic rings. The van der Waals surface area contributed by atoms with Gasteiger partial charge in [0.05, 0.1) is 0 Å². The van der Waals surface area contributed by atoms with Crippen LogP contribution in [0.3, 0.4) is 0 Å². The van der Waals surface area contributed by atoms with Gasteiger partial charge in [0.15, 0.2) is 17.5 Å². The first kappa shape index (κ1) is 27.5. The normalized spacial score (nSPS) is 11.7. The number of hydrogen-bond donors (Lipinski definition) is 0. The van der Waals surface area contributed by atoms with Crippen molar-refractivity contribution >= 4 is 54.3 Å². The summed E-state index contributed by atoms with van der Waals surface area (Å²) < 4.78 is 6.64. The lowest BCUT2D eigenvalue weighted by Crippen LogP contribution is -2.01. The van der Waals surface area contributed by atoms with E-state index in [0.717, 1.165) is 76.7 Å². The lowest BCUT2D eigenvalue weighted by atomic mass is 9.95. The van der Waals surface area contributed by atoms with E-state index < -0.39 is 0 Å². The second kappa shape index (κ2) is 11.0. The van der Waals surface area contributed by atoms with Crippen LogP contribution < -0.4 is 0 Å². The van der Waals surface area contributed by atoms with Gasteiger partial charge in [-0.05, 0) is 56.3 Å². The van der Waals surface area contributed by atoms with E-state index in [4.69, 9.17) is 19.4 Å². The Morgan fingerprint density at radius 3 is 1.84 bits per heavy atom. The van der Waals surface area contributed by atoms with Crippen LogP contribution in [0.4, 0.5) is 0 Å². The fraction of sp³-hybridized carbons (Fsp3) is 0. The first-order chi connectivity index (χ1) is 24.3. The van der Waals surface area contributed by atoms with E-state index in [-0.39, 0.29) is 0 Å². The highest BCUT2D eigenvalue weighted by Crippen LogP contribution is 2.43. The molecule has 8 aromatic carbocycles. The van der Waals surface area contributed by atoms with E-state index in [1.807, 2.05) is 6.07 Å². The van der Waals surface area contributed by atoms with E-state index in [9.17, 15) is 0 Å². The van der Waals surface area contributed by atoms with Crippen LogP contribution in [-0.2, 0) is 0 Å². The lowest BCUT2D eigenvalue weighted by Gasteiger charge is -2.12. The molecule has 0 spiro atoms. The quantitative estimate of drug-likeness (QED) is 0.195. The third-order valence-corrected chi connectivity index (χ3v) is 9.50. The topological polar surface area (TPSA) is 51.8 Å². The van der Waals surface area contributed by atoms with Crippen LogP contribution in [-0.4, -0.2) is 15.0 Å². The molecule has 4 heteroatoms. The van der Waals surface area contributed by atoms with Gasteiger partial charge in [0, 0.05) is 32.8 Å². The molecule has 0 bridgehead atoms. The number of fused-ring (bicyclic) bond motifs is 7. The molecule has 0 N–H and O–H groups in total. The molecule has 49 heavy (non-hydrogen) atoms. The van der Waals surface area contributed by atoms with E-state index in [1.54, 1.807) is 0 Å². The van der Waals surface area contributed by atoms with Crippen molar-refractivity contribution in [2.24, 2.45) is 0 Å². The van der Waals surface area contributed by atoms with Crippen molar-refractivity contribution in [3.05, 3.63) is 164 Å². The number of hydrogen-bond acceptors (Lipinski definition) is 4. The first-order valence-corrected chi connectivity index (χ1v) is 16.4. The molecule has 2 aromatic heterocycles. The van der Waals surface area contributed by atoms with Crippen LogP contribution in [0.25, 0.3) is 99.5 Å². The predicted octanol–water partition coefficient (Wildman–Crippen LogP) is 11.9. The molecule has 0 saturated carbocycles. The van der Waals surface area contributed by atoms with Crippen LogP contribution in [0.2, 0.25) is 0 Å². The Bertz CT molecular complexity index is 2890. The Morgan fingerprint density at radius 1 is 0.347 bits per heavy atom. The van der Waals surface area contributed by atoms with Gasteiger partial charge in [-0.15, -0.1) is 0 Å². The zero-order valence-electron chi connectivity index (χ0n) is 26.3. The Morgan fingerprint density at radius 2 is 0.980 bits per heavy atom. The highest BCUT2D eigenvalue weighted by atomic mass is 16.3. The molecule has 0 unspecified atom stereocenters. The molecule has 4 nitrogen and oxygen atoms in total. The third-order valence-electron chi connectivity index (χ3n) is 9.50. The zero-order valence-corrected chi connectivity index (χ0v) is 26.3. The van der Waals surface area contributed by atoms with Gasteiger partial charge in [-0.25, -0.2) is 15.0 Å². The minimum Gasteiger partial charge on any atom is -0.455 e. The van der Waals surface area contributed by atoms with Crippen molar-refractivity contribution in [1.82, 2.24) is 15.0 Å². The zero-order chi connectivity index (χ0) is 32.3. The Labute approximate surface area is 282 Å². The van der Waals surface area contributed by atoms with Crippen LogP contribution in [0.15, 0.2) is 168 Å². The fourth-order valence-electron chi connectivity index (χ4n) is 7.19. The van der Waals surface area contributed by atoms with Gasteiger partial charge < -0.3 is 4.42 Å². The molecular formula is C45H27N3O. The maximum Gasteiger partial charge on any atom is 0.164 e. The van der Waals surface area contributed by atoms with E-state index in [2.05, 4.69) is 158 Å². The summed E-state index contributed by atoms with van der Waals surface area (Å²) in [5, 5.41) is 8.70. The van der Waals surface area contributed by atoms with Gasteiger partial charge in [0.2, 0.25) is 0 Å². The average Bonchev–Trinajstić information content (AvgIpc) is 3.56. The van der Waals surface area contributed by atoms with Gasteiger partial charge in [-0.3, -0.25) is 0 Å². The monoisotopic (exact) mass is 625 g/mol. The predicted molar refractivity (Wildman–Crippen MR) is 201 cm³/mol. The second-order valence-electron chi connectivity index (χ2n) is 12.4. The minimum absolute atomic E-state index is 0.616. The Balaban J connectivity index is 1.29. The standard InChI is InChI=1S/C45H27N3O/c1-2-13-30(14-3-1)34-21-11-23-40-41(34)39-27-38(35-19-8-9-20-36(35)42(39)49-40)45-47-43(32-25-24-28-12-4-5-16-31(28)26-32)46-44(48-45)37-22-10-17-29-15-6-7-18-33(29)37/h1-27H. The number of rotatable bonds is 4. The molecular weight excluding hydrogens is 599 g/mol. The molecule has 0 aliphatic carbocycles. The van der Waals surface area contributed by atoms with Crippen LogP contribution in [0.1, 0.15) is 0 Å². The highest BCUT2D eigenvalue weighted by molar-refractivity contribution is 6.22. The van der Waals surface area contributed by atoms with Crippen LogP contribution in [0, 0.1) is 0 Å². The van der Waals surface area contributed by atoms with Crippen molar-refractivity contribution in [3.8, 4) is 45.3 Å². The van der Waals surface area contributed by atoms with Crippen LogP contribution in [0.5, 0.6) is 0 Å². The number of aromatic nitrogens is 3. The summed E-state index contributed by atoms with van der Waals surface area (Å²) in [5.74, 6) is 1.88. The molecule has 0 atom stereocenters. The summed E-state index contributed by atoms with van der Waals surface area (Å²) in [6.07, 6.45) is 0. The summed E-state index contributed by atoms with van der Waals surface area (Å²) in [7, 11) is 0. The summed E-state index contributed by atoms with van der Waals surface area (Å²) >= 11 is 0. The lowest BCUT2D eigenvalue weighted by molar-refractivity contribution is 0.673. The second-order valence-corrected chi connectivity index (χ2v) is 12.4. The third kappa shape index (κ3) is 4.49. The summed E-state index contributed by atoms with van der Waals surface area (Å²) in [4.78, 5) is 15.6. The Hall–Kier alpha value is -6.65. The van der Waals surface area contributed by atoms with E-state index in [0.29, 0.717) is 17.5 Å². The van der Waals surface area contributed by atoms with Crippen molar-refractivity contribution in [3.63, 3.8) is 0 Å². The number of nitrogens with zero attached hydrogens (tertiary/aromatic N) is 3. The SMILES string of the molecule is c1ccc(-c2cccc3oc4c5ccccc5c(-c5nc(-c6ccc7ccccc7c6)nc(-c6cccc7ccccc67)n5)cc4c23)cc1. The fourth-order valence-corrected chi connectivity index (χ4v) is 7.19. The van der Waals surface area contributed by atoms with Crippen molar-refractivity contribution in [2.45, 2.75) is 0 Å². The Kier molecular flexibility index (Phi) is 6.15. The largest absolute Gasteiger partial charge is 0.455 e. The van der Waals surface area contributed by atoms with Gasteiger partial charge in [-0.2, -0.15) is 0 Å². The summed E-state index contributed by atoms with van der Waals surface area (Å²) in [6, 6.07) is 56.8. The maximum absolute atomic E-state index is 6.64. The van der Waals surface area contributed by atoms with Crippen LogP contribution >= 0.6 is 0 Å². The molecule has 0 saturated heterocycles. The molecule has 228 valence electrons. The minimum atomic E-state index is 0.616. The van der Waals surface area contributed by atoms with E-state index >= 15 is 0 Å². The van der Waals surface area contributed by atoms with Gasteiger partial charge in [0.1, 0.15) is 11.2 Å². The van der Waals surface area contributed by atoms with Gasteiger partial charge in [0.25, 0.3) is 0 Å². The maximum atomic E-state index is 6.64. The first-order valence-electron chi connectivity index (χ1n) is 16.4. The average molecular weight is 626 g/mol. The molecule has 0 radical (unpaired) electrons. The smallest absolute Gasteiger partial charge is 0.164 e. The molecule has 0 aliphatic heterocycles. The molecule has 10 aromatic rings. The van der Waals surface area contributed by atoms with Crippen molar-refractivity contribution in [1.29, 1.82) is 0 Å². The number of benzene rings is 8. The van der Waals surface area contributed by atoms with Gasteiger partial charge in [-0.1, -0.05) is 146 Å². The summed E-state index contributed by atoms with van der Waals surface area (Å²) in [5.41, 5.74) is 6.81. The van der Waals surface area contributed by atoms with Gasteiger partial charge >= 0.3 is 0 Å². The molecule has 0 amide bonds. The molecule has 0 fully saturated rings. The van der Waals surface area contributed by atoms with Crippen molar-refractivity contribution in [2.75, 3.05) is 0 Å². The number of furan rings is 1. The molecule has 2 heterocycles. The highest BCUT2D eigenvalue weighted by Gasteiger charge is 2.21.